The number of fused-ring (bicyclic) bond motifs is 1. The summed E-state index contributed by atoms with van der Waals surface area (Å²) < 4.78 is 1.79. The van der Waals surface area contributed by atoms with E-state index in [-0.39, 0.29) is 17.7 Å². The fourth-order valence-electron chi connectivity index (χ4n) is 5.23. The molecule has 0 saturated carbocycles. The summed E-state index contributed by atoms with van der Waals surface area (Å²) in [5.74, 6) is 1.25. The quantitative estimate of drug-likeness (QED) is 0.535. The number of anilines is 1. The molecule has 2 saturated heterocycles. The van der Waals surface area contributed by atoms with Gasteiger partial charge in [0.15, 0.2) is 11.5 Å². The number of benzene rings is 1. The number of primary amides is 1. The Morgan fingerprint density at radius 1 is 1.06 bits per heavy atom. The highest BCUT2D eigenvalue weighted by atomic mass is 35.5. The van der Waals surface area contributed by atoms with E-state index in [9.17, 15) is 4.79 Å². The molecule has 9 nitrogen and oxygen atoms in total. The van der Waals surface area contributed by atoms with Crippen molar-refractivity contribution in [1.82, 2.24) is 29.6 Å². The Balaban J connectivity index is 1.26. The molecule has 4 heterocycles. The van der Waals surface area contributed by atoms with Crippen LogP contribution in [0.1, 0.15) is 24.2 Å². The number of hydrogen-bond acceptors (Lipinski definition) is 7. The maximum absolute atomic E-state index is 12.5. The van der Waals surface area contributed by atoms with Crippen LogP contribution < -0.4 is 10.6 Å². The molecule has 3 aromatic rings. The normalized spacial score (nSPS) is 19.3. The topological polar surface area (TPSA) is 95.9 Å². The minimum Gasteiger partial charge on any atom is -0.369 e. The lowest BCUT2D eigenvalue weighted by Gasteiger charge is -2.35. The number of nitrogens with zero attached hydrogens (tertiary/aromatic N) is 7. The molecule has 35 heavy (non-hydrogen) atoms. The number of amides is 1. The van der Waals surface area contributed by atoms with Crippen LogP contribution in [0.5, 0.6) is 0 Å². The van der Waals surface area contributed by atoms with Crippen LogP contribution in [0.3, 0.4) is 0 Å². The number of hydrogen-bond donors (Lipinski definition) is 1. The number of carbonyl (C=O) groups is 1. The van der Waals surface area contributed by atoms with E-state index >= 15 is 0 Å². The molecular weight excluding hydrogens is 464 g/mol. The summed E-state index contributed by atoms with van der Waals surface area (Å²) >= 11 is 6.34. The lowest BCUT2D eigenvalue weighted by atomic mass is 9.81. The largest absolute Gasteiger partial charge is 0.369 e. The third-order valence-corrected chi connectivity index (χ3v) is 7.83. The van der Waals surface area contributed by atoms with Gasteiger partial charge in [0.05, 0.1) is 0 Å². The molecule has 10 heteroatoms. The Hall–Kier alpha value is -2.75. The summed E-state index contributed by atoms with van der Waals surface area (Å²) in [6.07, 6.45) is 2.27. The van der Waals surface area contributed by atoms with Gasteiger partial charge in [-0.25, -0.2) is 0 Å². The zero-order valence-electron chi connectivity index (χ0n) is 20.2. The van der Waals surface area contributed by atoms with Crippen LogP contribution in [0, 0.1) is 11.8 Å². The van der Waals surface area contributed by atoms with Crippen LogP contribution in [-0.4, -0.2) is 81.8 Å². The van der Waals surface area contributed by atoms with E-state index < -0.39 is 0 Å². The Morgan fingerprint density at radius 2 is 1.80 bits per heavy atom. The number of rotatable bonds is 7. The van der Waals surface area contributed by atoms with Gasteiger partial charge >= 0.3 is 0 Å². The maximum Gasteiger partial charge on any atom is 0.221 e. The molecule has 0 bridgehead atoms. The van der Waals surface area contributed by atoms with Crippen molar-refractivity contribution in [3.8, 4) is 0 Å². The molecule has 0 spiro atoms. The molecule has 2 aliphatic rings. The number of carbonyl (C=O) groups excluding carboxylic acids is 1. The van der Waals surface area contributed by atoms with Crippen molar-refractivity contribution in [2.24, 2.45) is 17.6 Å². The first-order valence-electron chi connectivity index (χ1n) is 12.4. The minimum atomic E-state index is -0.293. The number of likely N-dealkylation sites (N-methyl/N-ethyl adjacent to an activating group) is 1. The SMILES string of the molecule is CN1CCN(c2ccc3nnc(CC(C(N)=O)C4CCN(Cc5ccccc5Cl)CC4)n3n2)CC1. The fourth-order valence-corrected chi connectivity index (χ4v) is 5.43. The second-order valence-corrected chi connectivity index (χ2v) is 10.2. The Kier molecular flexibility index (Phi) is 7.17. The zero-order valence-corrected chi connectivity index (χ0v) is 20.9. The summed E-state index contributed by atoms with van der Waals surface area (Å²) in [7, 11) is 2.14. The van der Waals surface area contributed by atoms with Gasteiger partial charge in [0.2, 0.25) is 5.91 Å². The van der Waals surface area contributed by atoms with E-state index in [1.165, 1.54) is 0 Å². The third-order valence-electron chi connectivity index (χ3n) is 7.46. The average molecular weight is 497 g/mol. The first kappa shape index (κ1) is 24.0. The Morgan fingerprint density at radius 3 is 2.51 bits per heavy atom. The standard InChI is InChI=1S/C25H33ClN8O/c1-31-12-14-33(15-13-31)23-7-6-22-28-29-24(34(22)30-23)16-20(25(27)35)18-8-10-32(11-9-18)17-19-4-2-3-5-21(19)26/h2-7,18,20H,8-17H2,1H3,(H2,27,35). The van der Waals surface area contributed by atoms with Gasteiger partial charge in [-0.15, -0.1) is 15.3 Å². The molecule has 0 radical (unpaired) electrons. The summed E-state index contributed by atoms with van der Waals surface area (Å²) in [4.78, 5) is 19.5. The molecule has 1 atom stereocenters. The lowest BCUT2D eigenvalue weighted by Crippen LogP contribution is -2.45. The summed E-state index contributed by atoms with van der Waals surface area (Å²) in [6.45, 7) is 6.52. The summed E-state index contributed by atoms with van der Waals surface area (Å²) in [5.41, 5.74) is 7.73. The van der Waals surface area contributed by atoms with Gasteiger partial charge < -0.3 is 15.5 Å². The molecule has 1 aromatic carbocycles. The zero-order chi connectivity index (χ0) is 24.4. The van der Waals surface area contributed by atoms with Crippen LogP contribution >= 0.6 is 11.6 Å². The number of aromatic nitrogens is 4. The smallest absolute Gasteiger partial charge is 0.221 e. The van der Waals surface area contributed by atoms with Gasteiger partial charge in [-0.1, -0.05) is 29.8 Å². The monoisotopic (exact) mass is 496 g/mol. The van der Waals surface area contributed by atoms with Crippen molar-refractivity contribution in [3.63, 3.8) is 0 Å². The van der Waals surface area contributed by atoms with Crippen molar-refractivity contribution in [1.29, 1.82) is 0 Å². The minimum absolute atomic E-state index is 0.211. The van der Waals surface area contributed by atoms with E-state index in [4.69, 9.17) is 22.4 Å². The molecule has 2 fully saturated rings. The van der Waals surface area contributed by atoms with Gasteiger partial charge in [-0.05, 0) is 62.7 Å². The first-order chi connectivity index (χ1) is 17.0. The average Bonchev–Trinajstić information content (AvgIpc) is 3.27. The number of halogens is 1. The summed E-state index contributed by atoms with van der Waals surface area (Å²) in [5, 5.41) is 14.3. The van der Waals surface area contributed by atoms with E-state index in [0.717, 1.165) is 75.1 Å². The molecule has 1 amide bonds. The second kappa shape index (κ2) is 10.5. The van der Waals surface area contributed by atoms with Crippen molar-refractivity contribution in [2.45, 2.75) is 25.8 Å². The molecule has 2 aromatic heterocycles. The van der Waals surface area contributed by atoms with Gasteiger partial charge in [0, 0.05) is 50.1 Å². The second-order valence-electron chi connectivity index (χ2n) is 9.79. The van der Waals surface area contributed by atoms with Crippen molar-refractivity contribution in [3.05, 3.63) is 52.8 Å². The highest BCUT2D eigenvalue weighted by Gasteiger charge is 2.32. The van der Waals surface area contributed by atoms with E-state index in [1.54, 1.807) is 4.52 Å². The lowest BCUT2D eigenvalue weighted by molar-refractivity contribution is -0.124. The van der Waals surface area contributed by atoms with Crippen molar-refractivity contribution in [2.75, 3.05) is 51.2 Å². The summed E-state index contributed by atoms with van der Waals surface area (Å²) in [6, 6.07) is 11.9. The van der Waals surface area contributed by atoms with Gasteiger partial charge in [-0.3, -0.25) is 9.69 Å². The van der Waals surface area contributed by atoms with Crippen LogP contribution in [0.25, 0.3) is 5.65 Å². The highest BCUT2D eigenvalue weighted by Crippen LogP contribution is 2.29. The highest BCUT2D eigenvalue weighted by molar-refractivity contribution is 6.31. The molecule has 2 aliphatic heterocycles. The van der Waals surface area contributed by atoms with Crippen LogP contribution in [0.2, 0.25) is 5.02 Å². The van der Waals surface area contributed by atoms with Gasteiger partial charge in [0.25, 0.3) is 0 Å². The fraction of sp³-hybridized carbons (Fsp3) is 0.520. The predicted molar refractivity (Wildman–Crippen MR) is 136 cm³/mol. The molecule has 0 aliphatic carbocycles. The Labute approximate surface area is 210 Å². The maximum atomic E-state index is 12.5. The number of nitrogens with two attached hydrogens (primary N) is 1. The molecular formula is C25H33ClN8O. The van der Waals surface area contributed by atoms with E-state index in [2.05, 4.69) is 38.0 Å². The molecule has 5 rings (SSSR count). The van der Waals surface area contributed by atoms with Gasteiger partial charge in [-0.2, -0.15) is 4.52 Å². The molecule has 1 unspecified atom stereocenters. The number of piperidine rings is 1. The predicted octanol–water partition coefficient (Wildman–Crippen LogP) is 2.09. The van der Waals surface area contributed by atoms with Crippen molar-refractivity contribution < 1.29 is 4.79 Å². The van der Waals surface area contributed by atoms with Gasteiger partial charge in [0.1, 0.15) is 5.82 Å². The molecule has 186 valence electrons. The number of likely N-dealkylation sites (tertiary alicyclic amines) is 1. The van der Waals surface area contributed by atoms with Crippen molar-refractivity contribution >= 4 is 29.0 Å². The van der Waals surface area contributed by atoms with E-state index in [1.807, 2.05) is 30.3 Å². The molecule has 2 N–H and O–H groups in total. The third kappa shape index (κ3) is 5.42. The van der Waals surface area contributed by atoms with Crippen LogP contribution in [0.15, 0.2) is 36.4 Å². The Bertz CT molecular complexity index is 1170. The van der Waals surface area contributed by atoms with Crippen LogP contribution in [-0.2, 0) is 17.8 Å². The van der Waals surface area contributed by atoms with E-state index in [0.29, 0.717) is 17.9 Å². The first-order valence-corrected chi connectivity index (χ1v) is 12.8. The van der Waals surface area contributed by atoms with Crippen LogP contribution in [0.4, 0.5) is 5.82 Å². The number of piperazine rings is 1.